The van der Waals surface area contributed by atoms with Crippen molar-refractivity contribution >= 4 is 17.4 Å². The fourth-order valence-corrected chi connectivity index (χ4v) is 2.28. The Kier molecular flexibility index (Phi) is 4.00. The van der Waals surface area contributed by atoms with E-state index < -0.39 is 11.4 Å². The molecule has 0 radical (unpaired) electrons. The predicted molar refractivity (Wildman–Crippen MR) is 67.1 cm³/mol. The fraction of sp³-hybridized carbons (Fsp3) is 0.462. The smallest absolute Gasteiger partial charge is 0.157 e. The van der Waals surface area contributed by atoms with Crippen molar-refractivity contribution in [2.75, 3.05) is 13.2 Å². The highest BCUT2D eigenvalue weighted by molar-refractivity contribution is 6.31. The van der Waals surface area contributed by atoms with Gasteiger partial charge in [-0.3, -0.25) is 4.79 Å². The SMILES string of the molecule is NC1(C(=O)Cc2c(F)cccc2Cl)CCOCC1. The van der Waals surface area contributed by atoms with Gasteiger partial charge >= 0.3 is 0 Å². The van der Waals surface area contributed by atoms with Gasteiger partial charge in [0.2, 0.25) is 0 Å². The Morgan fingerprint density at radius 1 is 1.44 bits per heavy atom. The third-order valence-corrected chi connectivity index (χ3v) is 3.69. The molecule has 0 saturated carbocycles. The van der Waals surface area contributed by atoms with E-state index in [4.69, 9.17) is 22.1 Å². The van der Waals surface area contributed by atoms with Crippen LogP contribution >= 0.6 is 11.6 Å². The van der Waals surface area contributed by atoms with Crippen molar-refractivity contribution < 1.29 is 13.9 Å². The molecule has 18 heavy (non-hydrogen) atoms. The van der Waals surface area contributed by atoms with Gasteiger partial charge in [-0.15, -0.1) is 0 Å². The minimum atomic E-state index is -0.913. The normalized spacial score (nSPS) is 18.6. The lowest BCUT2D eigenvalue weighted by Crippen LogP contribution is -2.52. The highest BCUT2D eigenvalue weighted by Crippen LogP contribution is 2.25. The second-order valence-corrected chi connectivity index (χ2v) is 4.98. The van der Waals surface area contributed by atoms with Gasteiger partial charge in [0.15, 0.2) is 5.78 Å². The summed E-state index contributed by atoms with van der Waals surface area (Å²) in [4.78, 5) is 12.2. The molecule has 1 aliphatic rings. The zero-order valence-corrected chi connectivity index (χ0v) is 10.7. The van der Waals surface area contributed by atoms with Crippen LogP contribution in [0.15, 0.2) is 18.2 Å². The molecule has 0 atom stereocenters. The summed E-state index contributed by atoms with van der Waals surface area (Å²) in [7, 11) is 0. The summed E-state index contributed by atoms with van der Waals surface area (Å²) < 4.78 is 18.8. The standard InChI is InChI=1S/C13H15ClFNO2/c14-10-2-1-3-11(15)9(10)8-12(17)13(16)4-6-18-7-5-13/h1-3H,4-8,16H2. The van der Waals surface area contributed by atoms with Gasteiger partial charge in [0, 0.05) is 30.2 Å². The van der Waals surface area contributed by atoms with Gasteiger partial charge in [-0.2, -0.15) is 0 Å². The molecule has 2 N–H and O–H groups in total. The Labute approximate surface area is 110 Å². The first-order valence-electron chi connectivity index (χ1n) is 5.86. The molecule has 0 spiro atoms. The van der Waals surface area contributed by atoms with Crippen molar-refractivity contribution in [1.82, 2.24) is 0 Å². The molecule has 1 aliphatic heterocycles. The zero-order valence-electron chi connectivity index (χ0n) is 9.92. The quantitative estimate of drug-likeness (QED) is 0.916. The summed E-state index contributed by atoms with van der Waals surface area (Å²) in [6.07, 6.45) is 0.873. The van der Waals surface area contributed by atoms with E-state index in [1.54, 1.807) is 6.07 Å². The Morgan fingerprint density at radius 3 is 2.72 bits per heavy atom. The lowest BCUT2D eigenvalue weighted by molar-refractivity contribution is -0.126. The van der Waals surface area contributed by atoms with Crippen molar-refractivity contribution in [2.45, 2.75) is 24.8 Å². The molecule has 0 aromatic heterocycles. The van der Waals surface area contributed by atoms with Crippen LogP contribution in [0.5, 0.6) is 0 Å². The molecule has 1 saturated heterocycles. The van der Waals surface area contributed by atoms with Gasteiger partial charge in [0.05, 0.1) is 5.54 Å². The first-order valence-corrected chi connectivity index (χ1v) is 6.23. The average Bonchev–Trinajstić information content (AvgIpc) is 2.34. The molecule has 5 heteroatoms. The van der Waals surface area contributed by atoms with Gasteiger partial charge < -0.3 is 10.5 Å². The van der Waals surface area contributed by atoms with Crippen LogP contribution in [0.25, 0.3) is 0 Å². The zero-order chi connectivity index (χ0) is 13.2. The number of Topliss-reactive ketones (excluding diaryl/α,β-unsaturated/α-hetero) is 1. The maximum atomic E-state index is 13.6. The molecule has 0 unspecified atom stereocenters. The van der Waals surface area contributed by atoms with E-state index in [0.29, 0.717) is 26.1 Å². The second kappa shape index (κ2) is 5.34. The van der Waals surface area contributed by atoms with Gasteiger partial charge in [-0.05, 0) is 25.0 Å². The topological polar surface area (TPSA) is 52.3 Å². The van der Waals surface area contributed by atoms with E-state index >= 15 is 0 Å². The Balaban J connectivity index is 2.16. The Hall–Kier alpha value is -0.970. The number of benzene rings is 1. The third-order valence-electron chi connectivity index (χ3n) is 3.34. The highest BCUT2D eigenvalue weighted by atomic mass is 35.5. The molecule has 2 rings (SSSR count). The molecule has 1 aromatic rings. The minimum absolute atomic E-state index is 0.0675. The van der Waals surface area contributed by atoms with Gasteiger partial charge in [-0.25, -0.2) is 4.39 Å². The molecule has 0 amide bonds. The van der Waals surface area contributed by atoms with Crippen molar-refractivity contribution in [3.05, 3.63) is 34.6 Å². The van der Waals surface area contributed by atoms with Gasteiger partial charge in [0.1, 0.15) is 5.82 Å². The van der Waals surface area contributed by atoms with Crippen LogP contribution in [0.4, 0.5) is 4.39 Å². The van der Waals surface area contributed by atoms with E-state index in [2.05, 4.69) is 0 Å². The Morgan fingerprint density at radius 2 is 2.11 bits per heavy atom. The maximum absolute atomic E-state index is 13.6. The van der Waals surface area contributed by atoms with Crippen LogP contribution in [0, 0.1) is 5.82 Å². The molecule has 0 bridgehead atoms. The van der Waals surface area contributed by atoms with Gasteiger partial charge in [0.25, 0.3) is 0 Å². The van der Waals surface area contributed by atoms with Crippen molar-refractivity contribution in [1.29, 1.82) is 0 Å². The molecule has 98 valence electrons. The first-order chi connectivity index (χ1) is 8.53. The van der Waals surface area contributed by atoms with E-state index in [9.17, 15) is 9.18 Å². The number of carbonyl (C=O) groups excluding carboxylic acids is 1. The van der Waals surface area contributed by atoms with Crippen LogP contribution in [0.3, 0.4) is 0 Å². The van der Waals surface area contributed by atoms with E-state index in [-0.39, 0.29) is 22.8 Å². The van der Waals surface area contributed by atoms with E-state index in [1.807, 2.05) is 0 Å². The van der Waals surface area contributed by atoms with Crippen molar-refractivity contribution in [2.24, 2.45) is 5.73 Å². The summed E-state index contributed by atoms with van der Waals surface area (Å²) in [6.45, 7) is 0.931. The molecular weight excluding hydrogens is 257 g/mol. The molecule has 3 nitrogen and oxygen atoms in total. The van der Waals surface area contributed by atoms with E-state index in [1.165, 1.54) is 12.1 Å². The molecule has 1 aromatic carbocycles. The maximum Gasteiger partial charge on any atom is 0.157 e. The number of rotatable bonds is 3. The van der Waals surface area contributed by atoms with Crippen LogP contribution in [-0.2, 0) is 16.0 Å². The summed E-state index contributed by atoms with van der Waals surface area (Å²) in [5.74, 6) is -0.649. The number of ketones is 1. The van der Waals surface area contributed by atoms with E-state index in [0.717, 1.165) is 0 Å². The lowest BCUT2D eigenvalue weighted by Gasteiger charge is -2.31. The molecular formula is C13H15ClFNO2. The summed E-state index contributed by atoms with van der Waals surface area (Å²) in [5.41, 5.74) is 5.37. The predicted octanol–water partition coefficient (Wildman–Crippen LogP) is 2.10. The van der Waals surface area contributed by atoms with Crippen molar-refractivity contribution in [3.63, 3.8) is 0 Å². The lowest BCUT2D eigenvalue weighted by atomic mass is 9.84. The number of ether oxygens (including phenoxy) is 1. The number of hydrogen-bond acceptors (Lipinski definition) is 3. The molecule has 1 fully saturated rings. The summed E-state index contributed by atoms with van der Waals surface area (Å²) >= 11 is 5.90. The first kappa shape index (κ1) is 13.5. The summed E-state index contributed by atoms with van der Waals surface area (Å²) in [5, 5.41) is 0.263. The number of hydrogen-bond donors (Lipinski definition) is 1. The van der Waals surface area contributed by atoms with Crippen LogP contribution < -0.4 is 5.73 Å². The Bertz CT molecular complexity index is 438. The van der Waals surface area contributed by atoms with Crippen LogP contribution in [-0.4, -0.2) is 24.5 Å². The molecule has 1 heterocycles. The second-order valence-electron chi connectivity index (χ2n) is 4.57. The average molecular weight is 272 g/mol. The van der Waals surface area contributed by atoms with Crippen LogP contribution in [0.1, 0.15) is 18.4 Å². The number of halogens is 2. The number of nitrogens with two attached hydrogens (primary N) is 1. The molecule has 0 aliphatic carbocycles. The van der Waals surface area contributed by atoms with Crippen LogP contribution in [0.2, 0.25) is 5.02 Å². The van der Waals surface area contributed by atoms with Gasteiger partial charge in [-0.1, -0.05) is 17.7 Å². The minimum Gasteiger partial charge on any atom is -0.381 e. The fourth-order valence-electron chi connectivity index (χ4n) is 2.05. The third kappa shape index (κ3) is 2.71. The monoisotopic (exact) mass is 271 g/mol. The van der Waals surface area contributed by atoms with Crippen molar-refractivity contribution in [3.8, 4) is 0 Å². The highest BCUT2D eigenvalue weighted by Gasteiger charge is 2.35. The largest absolute Gasteiger partial charge is 0.381 e. The summed E-state index contributed by atoms with van der Waals surface area (Å²) in [6, 6.07) is 4.38. The number of carbonyl (C=O) groups is 1.